The van der Waals surface area contributed by atoms with Gasteiger partial charge in [-0.25, -0.2) is 0 Å². The topological polar surface area (TPSA) is 46.6 Å². The van der Waals surface area contributed by atoms with Gasteiger partial charge in [0.2, 0.25) is 0 Å². The molecular formula is C6H12ClNO3S. The van der Waals surface area contributed by atoms with Crippen molar-refractivity contribution in [3.63, 3.8) is 0 Å². The summed E-state index contributed by atoms with van der Waals surface area (Å²) in [6, 6.07) is 0. The Labute approximate surface area is 77.0 Å². The molecule has 0 amide bonds. The third-order valence-electron chi connectivity index (χ3n) is 1.82. The second-order valence-corrected chi connectivity index (χ2v) is 5.60. The fourth-order valence-corrected chi connectivity index (χ4v) is 2.44. The van der Waals surface area contributed by atoms with Gasteiger partial charge >= 0.3 is 0 Å². The predicted molar refractivity (Wildman–Crippen MR) is 46.4 cm³/mol. The van der Waals surface area contributed by atoms with Crippen molar-refractivity contribution in [2.45, 2.75) is 19.4 Å². The Morgan fingerprint density at radius 3 is 2.42 bits per heavy atom. The summed E-state index contributed by atoms with van der Waals surface area (Å²) >= 11 is 0. The first-order valence-electron chi connectivity index (χ1n) is 3.71. The Morgan fingerprint density at radius 1 is 1.58 bits per heavy atom. The van der Waals surface area contributed by atoms with Gasteiger partial charge in [0.15, 0.2) is 0 Å². The van der Waals surface area contributed by atoms with E-state index >= 15 is 0 Å². The van der Waals surface area contributed by atoms with Gasteiger partial charge in [-0.3, -0.25) is 0 Å². The van der Waals surface area contributed by atoms with Crippen LogP contribution in [-0.4, -0.2) is 38.0 Å². The molecule has 0 spiro atoms. The van der Waals surface area contributed by atoms with Gasteiger partial charge in [0.05, 0.1) is 5.60 Å². The zero-order valence-corrected chi connectivity index (χ0v) is 8.65. The Morgan fingerprint density at radius 2 is 2.08 bits per heavy atom. The number of rotatable bonds is 3. The van der Waals surface area contributed by atoms with Crippen molar-refractivity contribution in [1.82, 2.24) is 4.31 Å². The second kappa shape index (κ2) is 3.14. The minimum Gasteiger partial charge on any atom is -0.373 e. The average molecular weight is 214 g/mol. The lowest BCUT2D eigenvalue weighted by Crippen LogP contribution is -2.61. The van der Waals surface area contributed by atoms with Crippen molar-refractivity contribution in [3.8, 4) is 0 Å². The standard InChI is InChI=1S/C6H12ClNO3S/c1-3-11-6(2)4-8(5-6)12(7,9)10/h3-5H2,1-2H3. The SMILES string of the molecule is CCOC1(C)CN(S(=O)(=O)Cl)C1. The number of hydrogen-bond acceptors (Lipinski definition) is 3. The van der Waals surface area contributed by atoms with Crippen LogP contribution in [-0.2, 0) is 14.0 Å². The largest absolute Gasteiger partial charge is 0.373 e. The molecule has 0 unspecified atom stereocenters. The molecule has 1 aliphatic heterocycles. The minimum atomic E-state index is -3.53. The monoisotopic (exact) mass is 213 g/mol. The Hall–Kier alpha value is 0.160. The summed E-state index contributed by atoms with van der Waals surface area (Å²) in [5.74, 6) is 0. The van der Waals surface area contributed by atoms with Gasteiger partial charge < -0.3 is 4.74 Å². The van der Waals surface area contributed by atoms with Crippen LogP contribution in [0.25, 0.3) is 0 Å². The van der Waals surface area contributed by atoms with E-state index in [1.807, 2.05) is 13.8 Å². The lowest BCUT2D eigenvalue weighted by atomic mass is 10.0. The molecule has 0 aromatic heterocycles. The maximum absolute atomic E-state index is 10.7. The number of hydrogen-bond donors (Lipinski definition) is 0. The molecule has 12 heavy (non-hydrogen) atoms. The molecule has 0 N–H and O–H groups in total. The Kier molecular flexibility index (Phi) is 2.68. The second-order valence-electron chi connectivity index (χ2n) is 3.09. The summed E-state index contributed by atoms with van der Waals surface area (Å²) < 4.78 is 28.0. The number of nitrogens with zero attached hydrogens (tertiary/aromatic N) is 1. The molecule has 0 radical (unpaired) electrons. The summed E-state index contributed by atoms with van der Waals surface area (Å²) in [5, 5.41) is 0. The molecule has 0 atom stereocenters. The number of halogens is 1. The van der Waals surface area contributed by atoms with Gasteiger partial charge in [-0.2, -0.15) is 12.7 Å². The summed E-state index contributed by atoms with van der Waals surface area (Å²) in [4.78, 5) is 0. The van der Waals surface area contributed by atoms with Gasteiger partial charge in [0.1, 0.15) is 0 Å². The van der Waals surface area contributed by atoms with Crippen LogP contribution >= 0.6 is 10.7 Å². The van der Waals surface area contributed by atoms with Crippen molar-refractivity contribution in [2.24, 2.45) is 0 Å². The summed E-state index contributed by atoms with van der Waals surface area (Å²) in [6.07, 6.45) is 0. The molecular weight excluding hydrogens is 202 g/mol. The van der Waals surface area contributed by atoms with E-state index in [2.05, 4.69) is 0 Å². The molecule has 1 fully saturated rings. The molecule has 0 aliphatic carbocycles. The van der Waals surface area contributed by atoms with Gasteiger partial charge in [-0.15, -0.1) is 0 Å². The summed E-state index contributed by atoms with van der Waals surface area (Å²) in [5.41, 5.74) is -0.337. The zero-order valence-electron chi connectivity index (χ0n) is 7.08. The molecule has 0 saturated carbocycles. The molecule has 4 nitrogen and oxygen atoms in total. The molecule has 1 saturated heterocycles. The highest BCUT2D eigenvalue weighted by molar-refractivity contribution is 8.11. The zero-order chi connectivity index (χ0) is 9.41. The first-order valence-corrected chi connectivity index (χ1v) is 5.98. The van der Waals surface area contributed by atoms with Crippen LogP contribution in [0.3, 0.4) is 0 Å². The fourth-order valence-electron chi connectivity index (χ4n) is 1.29. The van der Waals surface area contributed by atoms with Crippen LogP contribution in [0.1, 0.15) is 13.8 Å². The van der Waals surface area contributed by atoms with Crippen molar-refractivity contribution in [3.05, 3.63) is 0 Å². The molecule has 1 aliphatic rings. The molecule has 0 aromatic rings. The third kappa shape index (κ3) is 2.10. The average Bonchev–Trinajstić information content (AvgIpc) is 1.81. The van der Waals surface area contributed by atoms with Gasteiger partial charge in [-0.05, 0) is 13.8 Å². The first kappa shape index (κ1) is 10.2. The summed E-state index contributed by atoms with van der Waals surface area (Å²) in [6.45, 7) is 5.05. The highest BCUT2D eigenvalue weighted by Gasteiger charge is 2.44. The molecule has 1 rings (SSSR count). The maximum atomic E-state index is 10.7. The van der Waals surface area contributed by atoms with Crippen LogP contribution in [0.5, 0.6) is 0 Å². The van der Waals surface area contributed by atoms with E-state index in [9.17, 15) is 8.42 Å². The van der Waals surface area contributed by atoms with Gasteiger partial charge in [0.25, 0.3) is 9.24 Å². The highest BCUT2D eigenvalue weighted by atomic mass is 35.7. The molecule has 72 valence electrons. The molecule has 6 heteroatoms. The van der Waals surface area contributed by atoms with Crippen molar-refractivity contribution in [1.29, 1.82) is 0 Å². The van der Waals surface area contributed by atoms with Crippen LogP contribution in [0.2, 0.25) is 0 Å². The normalized spacial score (nSPS) is 23.6. The third-order valence-corrected chi connectivity index (χ3v) is 3.28. The molecule has 0 bridgehead atoms. The van der Waals surface area contributed by atoms with Crippen molar-refractivity contribution >= 4 is 19.9 Å². The van der Waals surface area contributed by atoms with Crippen LogP contribution < -0.4 is 0 Å². The summed E-state index contributed by atoms with van der Waals surface area (Å²) in [7, 11) is 1.58. The maximum Gasteiger partial charge on any atom is 0.299 e. The van der Waals surface area contributed by atoms with Crippen molar-refractivity contribution in [2.75, 3.05) is 19.7 Å². The molecule has 1 heterocycles. The quantitative estimate of drug-likeness (QED) is 0.645. The van der Waals surface area contributed by atoms with Crippen LogP contribution in [0, 0.1) is 0 Å². The van der Waals surface area contributed by atoms with E-state index in [-0.39, 0.29) is 5.60 Å². The predicted octanol–water partition coefficient (Wildman–Crippen LogP) is 0.581. The van der Waals surface area contributed by atoms with Crippen LogP contribution in [0.15, 0.2) is 0 Å². The minimum absolute atomic E-state index is 0.337. The number of ether oxygens (including phenoxy) is 1. The first-order chi connectivity index (χ1) is 5.37. The van der Waals surface area contributed by atoms with E-state index in [4.69, 9.17) is 15.4 Å². The lowest BCUT2D eigenvalue weighted by Gasteiger charge is -2.44. The van der Waals surface area contributed by atoms with E-state index in [0.717, 1.165) is 0 Å². The van der Waals surface area contributed by atoms with Gasteiger partial charge in [0, 0.05) is 30.4 Å². The smallest absolute Gasteiger partial charge is 0.299 e. The Bertz CT molecular complexity index is 258. The van der Waals surface area contributed by atoms with E-state index in [1.54, 1.807) is 0 Å². The lowest BCUT2D eigenvalue weighted by molar-refractivity contribution is -0.0972. The van der Waals surface area contributed by atoms with E-state index in [0.29, 0.717) is 19.7 Å². The Balaban J connectivity index is 2.47. The van der Waals surface area contributed by atoms with E-state index < -0.39 is 9.24 Å². The molecule has 0 aromatic carbocycles. The highest BCUT2D eigenvalue weighted by Crippen LogP contribution is 2.28. The van der Waals surface area contributed by atoms with Crippen LogP contribution in [0.4, 0.5) is 0 Å². The van der Waals surface area contributed by atoms with Crippen molar-refractivity contribution < 1.29 is 13.2 Å². The fraction of sp³-hybridized carbons (Fsp3) is 1.00. The van der Waals surface area contributed by atoms with Gasteiger partial charge in [-0.1, -0.05) is 0 Å². The van der Waals surface area contributed by atoms with E-state index in [1.165, 1.54) is 4.31 Å².